The Morgan fingerprint density at radius 3 is 2.57 bits per heavy atom. The third kappa shape index (κ3) is 6.37. The Bertz CT molecular complexity index is 1090. The zero-order valence-corrected chi connectivity index (χ0v) is 21.1. The Hall–Kier alpha value is -2.99. The molecule has 2 aromatic carbocycles. The number of hydrogen-bond donors (Lipinski definition) is 0. The lowest BCUT2D eigenvalue weighted by molar-refractivity contribution is -0.123. The summed E-state index contributed by atoms with van der Waals surface area (Å²) >= 11 is 1.02. The fourth-order valence-corrected chi connectivity index (χ4v) is 5.52. The molecule has 35 heavy (non-hydrogen) atoms. The maximum atomic E-state index is 13.1. The predicted molar refractivity (Wildman–Crippen MR) is 142 cm³/mol. The Morgan fingerprint density at radius 1 is 1.09 bits per heavy atom. The fraction of sp³-hybridized carbons (Fsp3) is 0.379. The molecule has 0 aromatic heterocycles. The number of allylic oxidation sites excluding steroid dienone is 1. The van der Waals surface area contributed by atoms with Crippen molar-refractivity contribution in [2.45, 2.75) is 52.1 Å². The minimum Gasteiger partial charge on any atom is -0.490 e. The quantitative estimate of drug-likeness (QED) is 0.264. The van der Waals surface area contributed by atoms with Crippen LogP contribution in [0.3, 0.4) is 0 Å². The van der Waals surface area contributed by atoms with Crippen molar-refractivity contribution in [3.8, 4) is 11.5 Å². The maximum absolute atomic E-state index is 13.1. The molecule has 2 aromatic rings. The smallest absolute Gasteiger partial charge is 0.293 e. The highest BCUT2D eigenvalue weighted by Gasteiger charge is 2.36. The van der Waals surface area contributed by atoms with Crippen LogP contribution in [0, 0.1) is 5.92 Å². The van der Waals surface area contributed by atoms with E-state index in [2.05, 4.69) is 6.58 Å². The largest absolute Gasteiger partial charge is 0.490 e. The summed E-state index contributed by atoms with van der Waals surface area (Å²) in [5.41, 5.74) is 2.80. The van der Waals surface area contributed by atoms with Crippen LogP contribution in [-0.4, -0.2) is 29.2 Å². The van der Waals surface area contributed by atoms with Crippen molar-refractivity contribution in [3.05, 3.63) is 76.7 Å². The molecule has 1 heterocycles. The molecule has 0 bridgehead atoms. The van der Waals surface area contributed by atoms with Gasteiger partial charge in [0.15, 0.2) is 11.5 Å². The van der Waals surface area contributed by atoms with Crippen LogP contribution in [0.2, 0.25) is 0 Å². The van der Waals surface area contributed by atoms with Gasteiger partial charge in [0.05, 0.1) is 11.5 Å². The number of hydrogen-bond acceptors (Lipinski definition) is 5. The van der Waals surface area contributed by atoms with Gasteiger partial charge in [-0.2, -0.15) is 0 Å². The average molecular weight is 492 g/mol. The number of nitrogens with zero attached hydrogens (tertiary/aromatic N) is 1. The standard InChI is InChI=1S/C29H33NO4S/c1-3-11-24-16-23(17-25(33-4-2)27(24)34-20-22-14-9-6-10-15-22)18-26-28(31)30(29(32)35-26)19-21-12-7-5-8-13-21/h3,6,9-10,14-18,21H,1,4-5,7-8,11-13,19-20H2,2H3/b26-18+. The molecule has 0 spiro atoms. The van der Waals surface area contributed by atoms with E-state index in [-0.39, 0.29) is 11.1 Å². The summed E-state index contributed by atoms with van der Waals surface area (Å²) in [4.78, 5) is 27.6. The zero-order valence-electron chi connectivity index (χ0n) is 20.3. The van der Waals surface area contributed by atoms with Gasteiger partial charge in [0.2, 0.25) is 0 Å². The number of imide groups is 1. The third-order valence-electron chi connectivity index (χ3n) is 6.38. The first-order chi connectivity index (χ1) is 17.1. The van der Waals surface area contributed by atoms with E-state index in [9.17, 15) is 9.59 Å². The summed E-state index contributed by atoms with van der Waals surface area (Å²) in [6.45, 7) is 7.25. The molecule has 2 aliphatic rings. The van der Waals surface area contributed by atoms with E-state index in [0.717, 1.165) is 41.3 Å². The second kappa shape index (κ2) is 12.1. The summed E-state index contributed by atoms with van der Waals surface area (Å²) in [6.07, 6.45) is 10.0. The van der Waals surface area contributed by atoms with Gasteiger partial charge in [-0.3, -0.25) is 14.5 Å². The van der Waals surface area contributed by atoms with Gasteiger partial charge in [-0.25, -0.2) is 0 Å². The molecule has 2 fully saturated rings. The number of amides is 2. The topological polar surface area (TPSA) is 55.8 Å². The number of ether oxygens (including phenoxy) is 2. The van der Waals surface area contributed by atoms with E-state index in [1.54, 1.807) is 6.08 Å². The first kappa shape index (κ1) is 25.1. The van der Waals surface area contributed by atoms with Crippen LogP contribution in [0.5, 0.6) is 11.5 Å². The molecule has 0 unspecified atom stereocenters. The molecule has 0 atom stereocenters. The van der Waals surface area contributed by atoms with E-state index in [0.29, 0.717) is 48.5 Å². The lowest BCUT2D eigenvalue weighted by atomic mass is 9.89. The summed E-state index contributed by atoms with van der Waals surface area (Å²) < 4.78 is 12.1. The van der Waals surface area contributed by atoms with Crippen molar-refractivity contribution in [2.24, 2.45) is 5.92 Å². The summed E-state index contributed by atoms with van der Waals surface area (Å²) in [7, 11) is 0. The van der Waals surface area contributed by atoms with Crippen LogP contribution >= 0.6 is 11.8 Å². The summed E-state index contributed by atoms with van der Waals surface area (Å²) in [5.74, 6) is 1.52. The first-order valence-electron chi connectivity index (χ1n) is 12.4. The van der Waals surface area contributed by atoms with Crippen LogP contribution in [-0.2, 0) is 17.8 Å². The highest BCUT2D eigenvalue weighted by atomic mass is 32.2. The van der Waals surface area contributed by atoms with Gasteiger partial charge in [-0.15, -0.1) is 6.58 Å². The van der Waals surface area contributed by atoms with E-state index < -0.39 is 0 Å². The Balaban J connectivity index is 1.58. The fourth-order valence-electron chi connectivity index (χ4n) is 4.67. The number of carbonyl (C=O) groups is 2. The predicted octanol–water partition coefficient (Wildman–Crippen LogP) is 7.01. The second-order valence-corrected chi connectivity index (χ2v) is 10.00. The minimum atomic E-state index is -0.196. The van der Waals surface area contributed by atoms with Crippen molar-refractivity contribution in [2.75, 3.05) is 13.2 Å². The molecule has 184 valence electrons. The molecular formula is C29H33NO4S. The molecule has 6 heteroatoms. The molecule has 4 rings (SSSR count). The van der Waals surface area contributed by atoms with Gasteiger partial charge in [0, 0.05) is 12.1 Å². The van der Waals surface area contributed by atoms with Gasteiger partial charge < -0.3 is 9.47 Å². The molecule has 0 radical (unpaired) electrons. The lowest BCUT2D eigenvalue weighted by Crippen LogP contribution is -2.34. The van der Waals surface area contributed by atoms with Gasteiger partial charge in [0.25, 0.3) is 11.1 Å². The average Bonchev–Trinajstić information content (AvgIpc) is 3.12. The van der Waals surface area contributed by atoms with Gasteiger partial charge >= 0.3 is 0 Å². The number of benzene rings is 2. The number of thioether (sulfide) groups is 1. The van der Waals surface area contributed by atoms with Crippen molar-refractivity contribution in [1.82, 2.24) is 4.90 Å². The Morgan fingerprint density at radius 2 is 1.86 bits per heavy atom. The van der Waals surface area contributed by atoms with Crippen LogP contribution in [0.15, 0.2) is 60.0 Å². The van der Waals surface area contributed by atoms with Crippen LogP contribution < -0.4 is 9.47 Å². The van der Waals surface area contributed by atoms with Crippen molar-refractivity contribution < 1.29 is 19.1 Å². The monoisotopic (exact) mass is 491 g/mol. The van der Waals surface area contributed by atoms with E-state index >= 15 is 0 Å². The van der Waals surface area contributed by atoms with Crippen molar-refractivity contribution in [1.29, 1.82) is 0 Å². The zero-order chi connectivity index (χ0) is 24.6. The second-order valence-electron chi connectivity index (χ2n) is 9.00. The van der Waals surface area contributed by atoms with Crippen LogP contribution in [0.1, 0.15) is 55.7 Å². The lowest BCUT2D eigenvalue weighted by Gasteiger charge is -2.25. The van der Waals surface area contributed by atoms with E-state index in [1.807, 2.05) is 55.5 Å². The van der Waals surface area contributed by atoms with Crippen molar-refractivity contribution in [3.63, 3.8) is 0 Å². The number of carbonyl (C=O) groups excluding carboxylic acids is 2. The van der Waals surface area contributed by atoms with Gasteiger partial charge in [0.1, 0.15) is 6.61 Å². The number of rotatable bonds is 10. The minimum absolute atomic E-state index is 0.175. The van der Waals surface area contributed by atoms with Crippen LogP contribution in [0.25, 0.3) is 6.08 Å². The van der Waals surface area contributed by atoms with Crippen molar-refractivity contribution >= 4 is 29.0 Å². The highest BCUT2D eigenvalue weighted by Crippen LogP contribution is 2.38. The molecule has 2 amide bonds. The molecule has 0 N–H and O–H groups in total. The molecular weight excluding hydrogens is 458 g/mol. The van der Waals surface area contributed by atoms with Gasteiger partial charge in [-0.05, 0) is 73.2 Å². The summed E-state index contributed by atoms with van der Waals surface area (Å²) in [5, 5.41) is -0.175. The van der Waals surface area contributed by atoms with Gasteiger partial charge in [-0.1, -0.05) is 55.7 Å². The van der Waals surface area contributed by atoms with Crippen LogP contribution in [0.4, 0.5) is 4.79 Å². The Labute approximate surface area is 212 Å². The molecule has 5 nitrogen and oxygen atoms in total. The summed E-state index contributed by atoms with van der Waals surface area (Å²) in [6, 6.07) is 13.8. The molecule has 1 saturated carbocycles. The Kier molecular flexibility index (Phi) is 8.69. The molecule has 1 saturated heterocycles. The van der Waals surface area contributed by atoms with E-state index in [1.165, 1.54) is 24.2 Å². The first-order valence-corrected chi connectivity index (χ1v) is 13.2. The third-order valence-corrected chi connectivity index (χ3v) is 7.29. The maximum Gasteiger partial charge on any atom is 0.293 e. The molecule has 1 aliphatic heterocycles. The normalized spacial score (nSPS) is 17.7. The molecule has 1 aliphatic carbocycles. The highest BCUT2D eigenvalue weighted by molar-refractivity contribution is 8.18. The SMILES string of the molecule is C=CCc1cc(/C=C2/SC(=O)N(CC3CCCCC3)C2=O)cc(OCC)c1OCc1ccccc1. The van der Waals surface area contributed by atoms with E-state index in [4.69, 9.17) is 9.47 Å².